The Kier molecular flexibility index (Phi) is 2.00. The standard InChI is InChI=1S/C14H13ClO2/c1-13(2)11(17-12(15)16)14(13)8-7-9-5-3-4-6-10(9)14/h3-8,11H,1-2H3. The number of carbonyl (C=O) groups is 1. The molecular weight excluding hydrogens is 236 g/mol. The van der Waals surface area contributed by atoms with Gasteiger partial charge in [0.1, 0.15) is 6.10 Å². The Balaban J connectivity index is 2.06. The minimum atomic E-state index is -0.724. The zero-order chi connectivity index (χ0) is 12.3. The summed E-state index contributed by atoms with van der Waals surface area (Å²) in [5, 5.41) is 0. The first kappa shape index (κ1) is 10.8. The predicted octanol–water partition coefficient (Wildman–Crippen LogP) is 3.74. The molecule has 3 heteroatoms. The number of benzene rings is 1. The van der Waals surface area contributed by atoms with E-state index >= 15 is 0 Å². The van der Waals surface area contributed by atoms with Crippen LogP contribution in [0.1, 0.15) is 25.0 Å². The highest BCUT2D eigenvalue weighted by molar-refractivity contribution is 6.61. The maximum absolute atomic E-state index is 11.0. The number of rotatable bonds is 1. The lowest BCUT2D eigenvalue weighted by molar-refractivity contribution is 0.148. The van der Waals surface area contributed by atoms with Gasteiger partial charge in [0.05, 0.1) is 5.41 Å². The molecule has 0 radical (unpaired) electrons. The molecule has 0 aromatic heterocycles. The lowest BCUT2D eigenvalue weighted by Gasteiger charge is -2.12. The molecule has 88 valence electrons. The molecule has 17 heavy (non-hydrogen) atoms. The fraction of sp³-hybridized carbons (Fsp3) is 0.357. The van der Waals surface area contributed by atoms with Gasteiger partial charge in [0, 0.05) is 17.0 Å². The molecule has 3 rings (SSSR count). The van der Waals surface area contributed by atoms with E-state index in [1.54, 1.807) is 0 Å². The molecule has 1 aromatic carbocycles. The summed E-state index contributed by atoms with van der Waals surface area (Å²) < 4.78 is 5.25. The molecule has 1 fully saturated rings. The van der Waals surface area contributed by atoms with Crippen molar-refractivity contribution in [2.45, 2.75) is 25.4 Å². The molecule has 1 saturated carbocycles. The molecule has 2 nitrogen and oxygen atoms in total. The van der Waals surface area contributed by atoms with Gasteiger partial charge in [0.25, 0.3) is 0 Å². The van der Waals surface area contributed by atoms with Crippen molar-refractivity contribution in [1.82, 2.24) is 0 Å². The fourth-order valence-electron chi connectivity index (χ4n) is 3.20. The SMILES string of the molecule is CC1(C)C(OC(=O)Cl)C12C=Cc1ccccc12. The molecule has 0 heterocycles. The Morgan fingerprint density at radius 2 is 2.06 bits per heavy atom. The van der Waals surface area contributed by atoms with Crippen LogP contribution in [0.25, 0.3) is 6.08 Å². The van der Waals surface area contributed by atoms with E-state index in [4.69, 9.17) is 16.3 Å². The maximum Gasteiger partial charge on any atom is 0.404 e. The highest BCUT2D eigenvalue weighted by Gasteiger charge is 2.74. The van der Waals surface area contributed by atoms with Crippen LogP contribution in [0, 0.1) is 5.41 Å². The molecule has 0 saturated heterocycles. The second kappa shape index (κ2) is 3.14. The van der Waals surface area contributed by atoms with Gasteiger partial charge in [-0.3, -0.25) is 0 Å². The smallest absolute Gasteiger partial charge is 0.404 e. The summed E-state index contributed by atoms with van der Waals surface area (Å²) in [6.45, 7) is 4.20. The molecule has 1 spiro atoms. The van der Waals surface area contributed by atoms with Gasteiger partial charge in [-0.15, -0.1) is 0 Å². The maximum atomic E-state index is 11.0. The molecule has 2 aliphatic rings. The summed E-state index contributed by atoms with van der Waals surface area (Å²) in [5.41, 5.74) is 1.42. The molecule has 0 amide bonds. The van der Waals surface area contributed by atoms with Crippen molar-refractivity contribution in [3.05, 3.63) is 41.5 Å². The molecule has 0 bridgehead atoms. The van der Waals surface area contributed by atoms with Crippen molar-refractivity contribution in [3.63, 3.8) is 0 Å². The normalized spacial score (nSPS) is 31.4. The minimum Gasteiger partial charge on any atom is -0.448 e. The zero-order valence-electron chi connectivity index (χ0n) is 9.74. The fourth-order valence-corrected chi connectivity index (χ4v) is 3.29. The number of ether oxygens (including phenoxy) is 1. The third-order valence-electron chi connectivity index (χ3n) is 4.19. The van der Waals surface area contributed by atoms with Crippen molar-refractivity contribution < 1.29 is 9.53 Å². The lowest BCUT2D eigenvalue weighted by Crippen LogP contribution is -2.11. The van der Waals surface area contributed by atoms with Crippen LogP contribution < -0.4 is 0 Å². The Bertz CT molecular complexity index is 533. The largest absolute Gasteiger partial charge is 0.448 e. The van der Waals surface area contributed by atoms with Crippen LogP contribution in [0.2, 0.25) is 0 Å². The van der Waals surface area contributed by atoms with Gasteiger partial charge in [-0.05, 0) is 11.1 Å². The number of hydrogen-bond donors (Lipinski definition) is 0. The summed E-state index contributed by atoms with van der Waals surface area (Å²) in [4.78, 5) is 11.0. The first-order valence-corrected chi connectivity index (χ1v) is 6.03. The quantitative estimate of drug-likeness (QED) is 0.708. The number of carbonyl (C=O) groups excluding carboxylic acids is 1. The van der Waals surface area contributed by atoms with Gasteiger partial charge in [-0.25, -0.2) is 4.79 Å². The van der Waals surface area contributed by atoms with E-state index in [2.05, 4.69) is 38.1 Å². The number of hydrogen-bond acceptors (Lipinski definition) is 2. The van der Waals surface area contributed by atoms with Gasteiger partial charge in [-0.2, -0.15) is 0 Å². The van der Waals surface area contributed by atoms with Gasteiger partial charge in [-0.1, -0.05) is 50.3 Å². The van der Waals surface area contributed by atoms with Crippen molar-refractivity contribution in [2.24, 2.45) is 5.41 Å². The molecule has 0 N–H and O–H groups in total. The second-order valence-corrected chi connectivity index (χ2v) is 5.56. The van der Waals surface area contributed by atoms with E-state index in [0.29, 0.717) is 0 Å². The lowest BCUT2D eigenvalue weighted by atomic mass is 9.90. The Morgan fingerprint density at radius 3 is 2.76 bits per heavy atom. The Labute approximate surface area is 105 Å². The third kappa shape index (κ3) is 1.19. The van der Waals surface area contributed by atoms with Crippen LogP contribution in [-0.2, 0) is 10.2 Å². The Hall–Kier alpha value is -1.28. The summed E-state index contributed by atoms with van der Waals surface area (Å²) in [6, 6.07) is 8.20. The minimum absolute atomic E-state index is 0.0966. The summed E-state index contributed by atoms with van der Waals surface area (Å²) in [6.07, 6.45) is 4.07. The van der Waals surface area contributed by atoms with Crippen molar-refractivity contribution in [2.75, 3.05) is 0 Å². The molecule has 2 aliphatic carbocycles. The van der Waals surface area contributed by atoms with Crippen LogP contribution in [0.4, 0.5) is 4.79 Å². The van der Waals surface area contributed by atoms with Crippen LogP contribution in [0.5, 0.6) is 0 Å². The van der Waals surface area contributed by atoms with E-state index in [1.807, 2.05) is 12.1 Å². The zero-order valence-corrected chi connectivity index (χ0v) is 10.5. The average molecular weight is 249 g/mol. The van der Waals surface area contributed by atoms with E-state index < -0.39 is 5.43 Å². The first-order chi connectivity index (χ1) is 8.00. The molecule has 0 aliphatic heterocycles. The monoisotopic (exact) mass is 248 g/mol. The van der Waals surface area contributed by atoms with Crippen LogP contribution in [0.15, 0.2) is 30.3 Å². The average Bonchev–Trinajstić information content (AvgIpc) is 2.62. The highest BCUT2D eigenvalue weighted by atomic mass is 35.5. The summed E-state index contributed by atoms with van der Waals surface area (Å²) >= 11 is 5.34. The molecule has 2 atom stereocenters. The van der Waals surface area contributed by atoms with Crippen LogP contribution in [-0.4, -0.2) is 11.5 Å². The van der Waals surface area contributed by atoms with Gasteiger partial charge in [0.15, 0.2) is 0 Å². The van der Waals surface area contributed by atoms with Crippen LogP contribution in [0.3, 0.4) is 0 Å². The van der Waals surface area contributed by atoms with E-state index in [-0.39, 0.29) is 16.9 Å². The summed E-state index contributed by atoms with van der Waals surface area (Å²) in [5.74, 6) is 0. The predicted molar refractivity (Wildman–Crippen MR) is 67.1 cm³/mol. The van der Waals surface area contributed by atoms with Crippen molar-refractivity contribution in [3.8, 4) is 0 Å². The highest BCUT2D eigenvalue weighted by Crippen LogP contribution is 2.69. The van der Waals surface area contributed by atoms with E-state index in [1.165, 1.54) is 11.1 Å². The van der Waals surface area contributed by atoms with Crippen molar-refractivity contribution >= 4 is 23.1 Å². The molecule has 1 aromatic rings. The number of halogens is 1. The van der Waals surface area contributed by atoms with E-state index in [9.17, 15) is 4.79 Å². The number of fused-ring (bicyclic) bond motifs is 2. The topological polar surface area (TPSA) is 26.3 Å². The van der Waals surface area contributed by atoms with Crippen LogP contribution >= 0.6 is 11.6 Å². The first-order valence-electron chi connectivity index (χ1n) is 5.65. The van der Waals surface area contributed by atoms with Gasteiger partial charge < -0.3 is 4.74 Å². The van der Waals surface area contributed by atoms with E-state index in [0.717, 1.165) is 0 Å². The summed E-state index contributed by atoms with van der Waals surface area (Å²) in [7, 11) is 0. The second-order valence-electron chi connectivity index (χ2n) is 5.25. The molecule has 2 unspecified atom stereocenters. The third-order valence-corrected chi connectivity index (χ3v) is 4.28. The Morgan fingerprint density at radius 1 is 1.35 bits per heavy atom. The van der Waals surface area contributed by atoms with Gasteiger partial charge >= 0.3 is 5.43 Å². The van der Waals surface area contributed by atoms with Crippen molar-refractivity contribution in [1.29, 1.82) is 0 Å². The van der Waals surface area contributed by atoms with Gasteiger partial charge in [0.2, 0.25) is 0 Å². The molecular formula is C14H13ClO2.